The van der Waals surface area contributed by atoms with Gasteiger partial charge in [-0.15, -0.1) is 11.3 Å². The van der Waals surface area contributed by atoms with E-state index in [1.165, 1.54) is 4.88 Å². The van der Waals surface area contributed by atoms with E-state index in [0.29, 0.717) is 17.7 Å². The zero-order valence-corrected chi connectivity index (χ0v) is 14.4. The number of hydrogen-bond donors (Lipinski definition) is 1. The van der Waals surface area contributed by atoms with Gasteiger partial charge in [-0.05, 0) is 46.3 Å². The fourth-order valence-corrected chi connectivity index (χ4v) is 4.12. The van der Waals surface area contributed by atoms with Gasteiger partial charge >= 0.3 is 0 Å². The fraction of sp³-hybridized carbons (Fsp3) is 0.200. The molecule has 0 saturated heterocycles. The molecule has 3 nitrogen and oxygen atoms in total. The van der Waals surface area contributed by atoms with Gasteiger partial charge in [0.2, 0.25) is 0 Å². The standard InChI is InChI=1S/C15H13BrN2OS2/c16-14-5-4-13(21-14)10-20-7-6-18-15(19)12-3-1-2-11(8-12)9-17/h1-5,8H,6-7,10H2,(H,18,19). The Balaban J connectivity index is 1.70. The van der Waals surface area contributed by atoms with Crippen molar-refractivity contribution in [2.45, 2.75) is 5.75 Å². The van der Waals surface area contributed by atoms with Crippen molar-refractivity contribution in [2.75, 3.05) is 12.3 Å². The van der Waals surface area contributed by atoms with Crippen LogP contribution in [0.2, 0.25) is 0 Å². The highest BCUT2D eigenvalue weighted by atomic mass is 79.9. The molecule has 0 fully saturated rings. The summed E-state index contributed by atoms with van der Waals surface area (Å²) in [6.07, 6.45) is 0. The lowest BCUT2D eigenvalue weighted by molar-refractivity contribution is 0.0956. The Morgan fingerprint density at radius 1 is 1.38 bits per heavy atom. The van der Waals surface area contributed by atoms with Crippen molar-refractivity contribution in [3.05, 3.63) is 56.2 Å². The number of rotatable bonds is 6. The van der Waals surface area contributed by atoms with Crippen LogP contribution in [-0.2, 0) is 5.75 Å². The molecule has 0 atom stereocenters. The second kappa shape index (κ2) is 8.23. The first-order chi connectivity index (χ1) is 10.2. The second-order valence-corrected chi connectivity index (χ2v) is 7.86. The number of carbonyl (C=O) groups is 1. The van der Waals surface area contributed by atoms with Gasteiger partial charge in [-0.25, -0.2) is 0 Å². The molecule has 108 valence electrons. The van der Waals surface area contributed by atoms with Gasteiger partial charge < -0.3 is 5.32 Å². The van der Waals surface area contributed by atoms with E-state index < -0.39 is 0 Å². The Kier molecular flexibility index (Phi) is 6.30. The number of carbonyl (C=O) groups excluding carboxylic acids is 1. The maximum atomic E-state index is 11.9. The van der Waals surface area contributed by atoms with Crippen LogP contribution in [0.1, 0.15) is 20.8 Å². The minimum atomic E-state index is -0.133. The number of nitrogens with zero attached hydrogens (tertiary/aromatic N) is 1. The van der Waals surface area contributed by atoms with E-state index in [2.05, 4.69) is 27.3 Å². The van der Waals surface area contributed by atoms with Gasteiger partial charge in [0.1, 0.15) is 0 Å². The first-order valence-corrected chi connectivity index (χ1v) is 9.06. The van der Waals surface area contributed by atoms with Crippen molar-refractivity contribution >= 4 is 44.9 Å². The fourth-order valence-electron chi connectivity index (χ4n) is 1.67. The maximum absolute atomic E-state index is 11.9. The van der Waals surface area contributed by atoms with Crippen LogP contribution in [0.25, 0.3) is 0 Å². The molecule has 1 amide bonds. The predicted molar refractivity (Wildman–Crippen MR) is 91.7 cm³/mol. The quantitative estimate of drug-likeness (QED) is 0.769. The zero-order chi connectivity index (χ0) is 15.1. The normalized spacial score (nSPS) is 10.1. The Morgan fingerprint density at radius 2 is 2.24 bits per heavy atom. The summed E-state index contributed by atoms with van der Waals surface area (Å²) < 4.78 is 1.14. The number of nitriles is 1. The molecule has 21 heavy (non-hydrogen) atoms. The van der Waals surface area contributed by atoms with Gasteiger partial charge in [-0.3, -0.25) is 4.79 Å². The summed E-state index contributed by atoms with van der Waals surface area (Å²) in [5.41, 5.74) is 1.03. The highest BCUT2D eigenvalue weighted by molar-refractivity contribution is 9.11. The van der Waals surface area contributed by atoms with E-state index in [4.69, 9.17) is 5.26 Å². The lowest BCUT2D eigenvalue weighted by Crippen LogP contribution is -2.25. The first kappa shape index (κ1) is 16.1. The number of thioether (sulfide) groups is 1. The predicted octanol–water partition coefficient (Wildman–Crippen LogP) is 4.05. The van der Waals surface area contributed by atoms with E-state index in [1.54, 1.807) is 47.4 Å². The molecular formula is C15H13BrN2OS2. The third-order valence-corrected chi connectivity index (χ3v) is 5.47. The molecule has 1 aromatic heterocycles. The zero-order valence-electron chi connectivity index (χ0n) is 11.1. The summed E-state index contributed by atoms with van der Waals surface area (Å²) in [6, 6.07) is 12.9. The molecule has 0 radical (unpaired) electrons. The van der Waals surface area contributed by atoms with Crippen LogP contribution in [0.4, 0.5) is 0 Å². The molecular weight excluding hydrogens is 368 g/mol. The molecule has 0 aliphatic rings. The third kappa shape index (κ3) is 5.20. The van der Waals surface area contributed by atoms with Gasteiger partial charge in [0, 0.05) is 28.5 Å². The van der Waals surface area contributed by atoms with Crippen molar-refractivity contribution in [3.8, 4) is 6.07 Å². The monoisotopic (exact) mass is 380 g/mol. The highest BCUT2D eigenvalue weighted by Gasteiger charge is 2.05. The lowest BCUT2D eigenvalue weighted by Gasteiger charge is -2.05. The lowest BCUT2D eigenvalue weighted by atomic mass is 10.1. The number of benzene rings is 1. The maximum Gasteiger partial charge on any atom is 0.251 e. The van der Waals surface area contributed by atoms with Crippen LogP contribution in [0.15, 0.2) is 40.2 Å². The summed E-state index contributed by atoms with van der Waals surface area (Å²) in [5, 5.41) is 11.7. The van der Waals surface area contributed by atoms with Crippen molar-refractivity contribution in [3.63, 3.8) is 0 Å². The molecule has 0 aliphatic heterocycles. The van der Waals surface area contributed by atoms with Gasteiger partial charge in [-0.1, -0.05) is 6.07 Å². The van der Waals surface area contributed by atoms with Crippen molar-refractivity contribution < 1.29 is 4.79 Å². The molecule has 6 heteroatoms. The average Bonchev–Trinajstić information content (AvgIpc) is 2.92. The molecule has 2 aromatic rings. The second-order valence-electron chi connectivity index (χ2n) is 4.21. The van der Waals surface area contributed by atoms with Crippen LogP contribution >= 0.6 is 39.0 Å². The number of halogens is 1. The van der Waals surface area contributed by atoms with E-state index in [1.807, 2.05) is 12.1 Å². The van der Waals surface area contributed by atoms with E-state index >= 15 is 0 Å². The molecule has 0 saturated carbocycles. The number of nitrogens with one attached hydrogen (secondary N) is 1. The number of thiophene rings is 1. The molecule has 0 aliphatic carbocycles. The average molecular weight is 381 g/mol. The summed E-state index contributed by atoms with van der Waals surface area (Å²) in [7, 11) is 0. The van der Waals surface area contributed by atoms with Gasteiger partial charge in [-0.2, -0.15) is 17.0 Å². The van der Waals surface area contributed by atoms with Crippen molar-refractivity contribution in [1.29, 1.82) is 5.26 Å². The van der Waals surface area contributed by atoms with Gasteiger partial charge in [0.05, 0.1) is 15.4 Å². The van der Waals surface area contributed by atoms with Crippen LogP contribution < -0.4 is 5.32 Å². The summed E-state index contributed by atoms with van der Waals surface area (Å²) in [6.45, 7) is 0.618. The van der Waals surface area contributed by atoms with Gasteiger partial charge in [0.15, 0.2) is 0 Å². The van der Waals surface area contributed by atoms with Crippen LogP contribution in [0.5, 0.6) is 0 Å². The van der Waals surface area contributed by atoms with Crippen LogP contribution in [0, 0.1) is 11.3 Å². The Bertz CT molecular complexity index is 664. The third-order valence-electron chi connectivity index (χ3n) is 2.66. The summed E-state index contributed by atoms with van der Waals surface area (Å²) in [5.74, 6) is 1.68. The van der Waals surface area contributed by atoms with E-state index in [-0.39, 0.29) is 5.91 Å². The van der Waals surface area contributed by atoms with Crippen LogP contribution in [0.3, 0.4) is 0 Å². The Hall–Kier alpha value is -1.29. The van der Waals surface area contributed by atoms with Crippen LogP contribution in [-0.4, -0.2) is 18.2 Å². The summed E-state index contributed by atoms with van der Waals surface area (Å²) in [4.78, 5) is 13.2. The largest absolute Gasteiger partial charge is 0.351 e. The van der Waals surface area contributed by atoms with Crippen molar-refractivity contribution in [1.82, 2.24) is 5.32 Å². The molecule has 1 N–H and O–H groups in total. The van der Waals surface area contributed by atoms with Gasteiger partial charge in [0.25, 0.3) is 5.91 Å². The summed E-state index contributed by atoms with van der Waals surface area (Å²) >= 11 is 6.96. The molecule has 1 aromatic carbocycles. The number of amides is 1. The smallest absolute Gasteiger partial charge is 0.251 e. The molecule has 0 spiro atoms. The molecule has 0 bridgehead atoms. The topological polar surface area (TPSA) is 52.9 Å². The number of hydrogen-bond acceptors (Lipinski definition) is 4. The minimum absolute atomic E-state index is 0.133. The van der Waals surface area contributed by atoms with E-state index in [9.17, 15) is 4.79 Å². The van der Waals surface area contributed by atoms with E-state index in [0.717, 1.165) is 15.3 Å². The molecule has 0 unspecified atom stereocenters. The van der Waals surface area contributed by atoms with Crippen molar-refractivity contribution in [2.24, 2.45) is 0 Å². The molecule has 1 heterocycles. The highest BCUT2D eigenvalue weighted by Crippen LogP contribution is 2.25. The molecule has 2 rings (SSSR count). The Morgan fingerprint density at radius 3 is 2.95 bits per heavy atom. The SMILES string of the molecule is N#Cc1cccc(C(=O)NCCSCc2ccc(Br)s2)c1. The Labute approximate surface area is 140 Å². The first-order valence-electron chi connectivity index (χ1n) is 6.29. The minimum Gasteiger partial charge on any atom is -0.351 e.